The molecule has 4 amide bonds. The average Bonchev–Trinajstić information content (AvgIpc) is 3.27. The molecule has 65 heavy (non-hydrogen) atoms. The minimum absolute atomic E-state index is 0.0739. The second-order valence-corrected chi connectivity index (χ2v) is 18.9. The molecular weight excluding hydrogens is 877 g/mol. The van der Waals surface area contributed by atoms with Gasteiger partial charge in [-0.1, -0.05) is 44.2 Å². The third-order valence-electron chi connectivity index (χ3n) is 11.9. The van der Waals surface area contributed by atoms with Crippen LogP contribution in [0.2, 0.25) is 0 Å². The summed E-state index contributed by atoms with van der Waals surface area (Å²) in [7, 11) is -9.14. The number of imide groups is 2. The molecule has 8 aromatic carbocycles. The second kappa shape index (κ2) is 14.9. The van der Waals surface area contributed by atoms with Gasteiger partial charge < -0.3 is 14.6 Å². The van der Waals surface area contributed by atoms with Crippen LogP contribution in [0.5, 0.6) is 23.0 Å². The molecule has 0 unspecified atom stereocenters. The van der Waals surface area contributed by atoms with E-state index in [0.29, 0.717) is 38.0 Å². The van der Waals surface area contributed by atoms with Gasteiger partial charge in [0.15, 0.2) is 0 Å². The summed E-state index contributed by atoms with van der Waals surface area (Å²) in [5.41, 5.74) is 1.66. The maximum Gasteiger partial charge on any atom is 0.294 e. The fourth-order valence-electron chi connectivity index (χ4n) is 9.05. The fraction of sp³-hybridized carbons (Fsp3) is 0.125. The van der Waals surface area contributed by atoms with Crippen molar-refractivity contribution in [1.29, 1.82) is 0 Å². The van der Waals surface area contributed by atoms with Crippen LogP contribution in [0.3, 0.4) is 0 Å². The van der Waals surface area contributed by atoms with Crippen LogP contribution in [-0.4, -0.2) is 72.7 Å². The molecule has 8 aromatic rings. The summed E-state index contributed by atoms with van der Waals surface area (Å²) >= 11 is 0. The monoisotopic (exact) mass is 910 g/mol. The van der Waals surface area contributed by atoms with Crippen molar-refractivity contribution in [3.05, 3.63) is 137 Å². The lowest BCUT2D eigenvalue weighted by Gasteiger charge is -2.32. The number of nitrogens with zero attached hydrogens (tertiary/aromatic N) is 2. The van der Waals surface area contributed by atoms with E-state index in [-0.39, 0.29) is 81.5 Å². The zero-order valence-electron chi connectivity index (χ0n) is 34.2. The van der Waals surface area contributed by atoms with E-state index in [1.807, 2.05) is 26.0 Å². The highest BCUT2D eigenvalue weighted by Gasteiger charge is 2.40. The van der Waals surface area contributed by atoms with Gasteiger partial charge in [-0.2, -0.15) is 16.8 Å². The Bertz CT molecular complexity index is 3640. The largest absolute Gasteiger partial charge is 0.457 e. The molecule has 0 saturated heterocycles. The molecule has 0 spiro atoms. The Morgan fingerprint density at radius 2 is 0.985 bits per heavy atom. The number of benzene rings is 8. The molecule has 2 heterocycles. The molecule has 10 rings (SSSR count). The molecule has 0 saturated carbocycles. The Kier molecular flexibility index (Phi) is 9.56. The van der Waals surface area contributed by atoms with Crippen molar-refractivity contribution >= 4 is 92.6 Å². The molecule has 17 heteroatoms. The summed E-state index contributed by atoms with van der Waals surface area (Å²) in [6.07, 6.45) is 0.111. The maximum atomic E-state index is 15.0. The molecule has 0 atom stereocenters. The van der Waals surface area contributed by atoms with Crippen molar-refractivity contribution in [2.45, 2.75) is 36.0 Å². The normalized spacial score (nSPS) is 14.2. The number of hydrogen-bond acceptors (Lipinski definition) is 11. The van der Waals surface area contributed by atoms with E-state index in [4.69, 9.17) is 9.47 Å². The van der Waals surface area contributed by atoms with Gasteiger partial charge in [-0.15, -0.1) is 0 Å². The van der Waals surface area contributed by atoms with Crippen LogP contribution in [0.4, 0.5) is 5.69 Å². The first-order valence-corrected chi connectivity index (χ1v) is 23.1. The molecule has 3 N–H and O–H groups in total. The number of carbonyl (C=O) groups is 4. The fourth-order valence-corrected chi connectivity index (χ4v) is 10.0. The van der Waals surface area contributed by atoms with E-state index in [1.165, 1.54) is 36.4 Å². The van der Waals surface area contributed by atoms with Gasteiger partial charge in [0, 0.05) is 56.6 Å². The minimum Gasteiger partial charge on any atom is -0.457 e. The molecule has 0 radical (unpaired) electrons. The Morgan fingerprint density at radius 1 is 0.538 bits per heavy atom. The van der Waals surface area contributed by atoms with E-state index < -0.39 is 53.7 Å². The molecule has 0 aromatic heterocycles. The first-order valence-electron chi connectivity index (χ1n) is 20.2. The first-order chi connectivity index (χ1) is 31.0. The van der Waals surface area contributed by atoms with Gasteiger partial charge in [0.05, 0.1) is 26.6 Å². The van der Waals surface area contributed by atoms with Crippen LogP contribution in [0.25, 0.3) is 43.1 Å². The van der Waals surface area contributed by atoms with Crippen LogP contribution >= 0.6 is 0 Å². The quantitative estimate of drug-likeness (QED) is 0.0479. The van der Waals surface area contributed by atoms with E-state index in [9.17, 15) is 45.4 Å². The lowest BCUT2D eigenvalue weighted by Crippen LogP contribution is -2.41. The van der Waals surface area contributed by atoms with E-state index >= 15 is 4.79 Å². The SMILES string of the molecule is CC(C)c1ccccc1N1C(=O)c2ccc3c4c(Oc5ccc(S(=O)(=O)O)cc5)cc5c6c(ccc(c7c(Oc8ccc(S(=O)(=O)O)cc8)cc(c2c37)C1=O)c64)C(=O)N(CCCO)C5=O. The number of ether oxygens (including phenoxy) is 2. The summed E-state index contributed by atoms with van der Waals surface area (Å²) in [5, 5.41) is 12.5. The number of rotatable bonds is 11. The Balaban J connectivity index is 1.32. The van der Waals surface area contributed by atoms with Crippen LogP contribution < -0.4 is 14.4 Å². The lowest BCUT2D eigenvalue weighted by molar-refractivity contribution is 0.0600. The minimum atomic E-state index is -4.57. The van der Waals surface area contributed by atoms with Gasteiger partial charge in [0.1, 0.15) is 23.0 Å². The zero-order valence-corrected chi connectivity index (χ0v) is 35.9. The summed E-state index contributed by atoms with van der Waals surface area (Å²) in [6, 6.07) is 26.4. The lowest BCUT2D eigenvalue weighted by atomic mass is 9.81. The highest BCUT2D eigenvalue weighted by atomic mass is 32.2. The molecule has 2 aliphatic rings. The Morgan fingerprint density at radius 3 is 1.46 bits per heavy atom. The standard InChI is InChI=1S/C48H34N2O13S2/c1-24(2)29-6-3-4-7-36(29)50-47(54)33-19-17-31-41-37(62-25-8-12-27(13-9-25)64(56,57)58)22-34-39-32(45(52)49(46(34)53)20-5-21-51)18-16-30(43(39)41)42-38(23-35(48(50)55)40(33)44(31)42)63-26-10-14-28(15-11-26)65(59,60)61/h3-4,6-19,22-24,51H,5,20-21H2,1-2H3,(H,56,57,58)(H,59,60,61). The number of aliphatic hydroxyl groups is 1. The molecule has 2 aliphatic heterocycles. The summed E-state index contributed by atoms with van der Waals surface area (Å²) in [5.74, 6) is -2.23. The van der Waals surface area contributed by atoms with E-state index in [2.05, 4.69) is 0 Å². The summed E-state index contributed by atoms with van der Waals surface area (Å²) in [4.78, 5) is 59.7. The van der Waals surface area contributed by atoms with Crippen LogP contribution in [0.15, 0.2) is 119 Å². The molecule has 0 aliphatic carbocycles. The third kappa shape index (κ3) is 6.49. The summed E-state index contributed by atoms with van der Waals surface area (Å²) < 4.78 is 80.2. The Labute approximate surface area is 369 Å². The van der Waals surface area contributed by atoms with Crippen molar-refractivity contribution in [2.75, 3.05) is 18.1 Å². The van der Waals surface area contributed by atoms with Crippen molar-refractivity contribution in [2.24, 2.45) is 0 Å². The van der Waals surface area contributed by atoms with Crippen molar-refractivity contribution in [3.8, 4) is 23.0 Å². The van der Waals surface area contributed by atoms with Crippen LogP contribution in [0, 0.1) is 0 Å². The van der Waals surface area contributed by atoms with Gasteiger partial charge in [0.25, 0.3) is 43.9 Å². The smallest absolute Gasteiger partial charge is 0.294 e. The number of hydrogen-bond donors (Lipinski definition) is 3. The molecular formula is C48H34N2O13S2. The molecule has 0 bridgehead atoms. The van der Waals surface area contributed by atoms with Crippen molar-refractivity contribution < 1.29 is 59.7 Å². The Hall–Kier alpha value is -7.28. The first kappa shape index (κ1) is 41.7. The number of para-hydroxylation sites is 1. The van der Waals surface area contributed by atoms with Gasteiger partial charge in [-0.25, -0.2) is 4.90 Å². The number of aliphatic hydroxyl groups excluding tert-OH is 1. The average molecular weight is 911 g/mol. The highest BCUT2D eigenvalue weighted by Crippen LogP contribution is 2.53. The predicted molar refractivity (Wildman–Crippen MR) is 239 cm³/mol. The van der Waals surface area contributed by atoms with Crippen LogP contribution in [-0.2, 0) is 20.2 Å². The number of amides is 4. The maximum absolute atomic E-state index is 15.0. The van der Waals surface area contributed by atoms with Gasteiger partial charge in [0.2, 0.25) is 0 Å². The molecule has 326 valence electrons. The van der Waals surface area contributed by atoms with E-state index in [0.717, 1.165) is 39.6 Å². The summed E-state index contributed by atoms with van der Waals surface area (Å²) in [6.45, 7) is 3.51. The second-order valence-electron chi connectivity index (χ2n) is 16.0. The van der Waals surface area contributed by atoms with Gasteiger partial charge in [-0.05, 0) is 108 Å². The zero-order chi connectivity index (χ0) is 45.9. The van der Waals surface area contributed by atoms with Crippen LogP contribution in [0.1, 0.15) is 73.2 Å². The molecule has 15 nitrogen and oxygen atoms in total. The molecule has 0 fully saturated rings. The number of anilines is 1. The highest BCUT2D eigenvalue weighted by molar-refractivity contribution is 7.86. The number of fused-ring (bicyclic) bond motifs is 2. The predicted octanol–water partition coefficient (Wildman–Crippen LogP) is 8.72. The van der Waals surface area contributed by atoms with Crippen molar-refractivity contribution in [1.82, 2.24) is 4.90 Å². The van der Waals surface area contributed by atoms with Gasteiger partial charge in [-0.3, -0.25) is 33.2 Å². The topological polar surface area (TPSA) is 222 Å². The van der Waals surface area contributed by atoms with E-state index in [1.54, 1.807) is 36.4 Å². The third-order valence-corrected chi connectivity index (χ3v) is 13.6. The number of carbonyl (C=O) groups excluding carboxylic acids is 4. The van der Waals surface area contributed by atoms with Gasteiger partial charge >= 0.3 is 0 Å². The van der Waals surface area contributed by atoms with Crippen molar-refractivity contribution in [3.63, 3.8) is 0 Å².